The molecular formula is C21H23N3O. The van der Waals surface area contributed by atoms with Gasteiger partial charge in [0.15, 0.2) is 0 Å². The summed E-state index contributed by atoms with van der Waals surface area (Å²) in [7, 11) is 0. The quantitative estimate of drug-likeness (QED) is 0.683. The molecular weight excluding hydrogens is 310 g/mol. The molecule has 0 aliphatic carbocycles. The molecule has 0 atom stereocenters. The zero-order chi connectivity index (χ0) is 17.1. The molecule has 2 heterocycles. The molecule has 0 bridgehead atoms. The number of rotatable bonds is 6. The summed E-state index contributed by atoms with van der Waals surface area (Å²) in [4.78, 5) is 4.39. The van der Waals surface area contributed by atoms with Gasteiger partial charge in [-0.3, -0.25) is 0 Å². The topological polar surface area (TPSA) is 39.1 Å². The maximum Gasteiger partial charge on any atom is 0.132 e. The second-order valence-electron chi connectivity index (χ2n) is 6.31. The first kappa shape index (κ1) is 15.9. The number of imidazole rings is 1. The number of aryl methyl sites for hydroxylation is 2. The normalized spacial score (nSPS) is 13.2. The lowest BCUT2D eigenvalue weighted by atomic mass is 9.94. The highest BCUT2D eigenvalue weighted by Gasteiger charge is 2.25. The lowest BCUT2D eigenvalue weighted by molar-refractivity contribution is 0.424. The summed E-state index contributed by atoms with van der Waals surface area (Å²) in [5.74, 6) is 3.05. The Morgan fingerprint density at radius 3 is 2.40 bits per heavy atom. The van der Waals surface area contributed by atoms with Gasteiger partial charge < -0.3 is 14.6 Å². The van der Waals surface area contributed by atoms with Gasteiger partial charge in [-0.25, -0.2) is 4.98 Å². The Morgan fingerprint density at radius 1 is 1.04 bits per heavy atom. The molecule has 0 spiro atoms. The molecule has 0 saturated carbocycles. The Balaban J connectivity index is 1.47. The van der Waals surface area contributed by atoms with Crippen LogP contribution in [0.2, 0.25) is 0 Å². The average Bonchev–Trinajstić information content (AvgIpc) is 3.12. The number of aromatic nitrogens is 2. The SMILES string of the molecule is CCc1nccn1CCCNC1c2ccccc2Oc2ccccc21. The summed E-state index contributed by atoms with van der Waals surface area (Å²) in [5, 5.41) is 3.72. The van der Waals surface area contributed by atoms with Gasteiger partial charge in [-0.15, -0.1) is 0 Å². The van der Waals surface area contributed by atoms with Crippen molar-refractivity contribution in [3.63, 3.8) is 0 Å². The van der Waals surface area contributed by atoms with Gasteiger partial charge in [-0.05, 0) is 25.1 Å². The maximum atomic E-state index is 6.05. The van der Waals surface area contributed by atoms with E-state index < -0.39 is 0 Å². The number of nitrogens with one attached hydrogen (secondary N) is 1. The summed E-state index contributed by atoms with van der Waals surface area (Å²) in [5.41, 5.74) is 2.41. The van der Waals surface area contributed by atoms with Crippen LogP contribution in [0.25, 0.3) is 0 Å². The summed E-state index contributed by atoms with van der Waals surface area (Å²) in [6.45, 7) is 4.07. The van der Waals surface area contributed by atoms with Crippen molar-refractivity contribution in [1.29, 1.82) is 0 Å². The Labute approximate surface area is 148 Å². The van der Waals surface area contributed by atoms with Crippen molar-refractivity contribution < 1.29 is 4.74 Å². The molecule has 4 rings (SSSR count). The fourth-order valence-corrected chi connectivity index (χ4v) is 3.48. The van der Waals surface area contributed by atoms with Crippen LogP contribution in [0.5, 0.6) is 11.5 Å². The highest BCUT2D eigenvalue weighted by atomic mass is 16.5. The number of ether oxygens (including phenoxy) is 1. The highest BCUT2D eigenvalue weighted by molar-refractivity contribution is 5.52. The zero-order valence-corrected chi connectivity index (χ0v) is 14.5. The Bertz CT molecular complexity index is 810. The van der Waals surface area contributed by atoms with Crippen molar-refractivity contribution in [3.05, 3.63) is 77.9 Å². The summed E-state index contributed by atoms with van der Waals surface area (Å²) in [6, 6.07) is 16.7. The van der Waals surface area contributed by atoms with E-state index in [9.17, 15) is 0 Å². The van der Waals surface area contributed by atoms with E-state index in [2.05, 4.69) is 52.3 Å². The van der Waals surface area contributed by atoms with Gasteiger partial charge in [0.05, 0.1) is 6.04 Å². The Morgan fingerprint density at radius 2 is 1.72 bits per heavy atom. The van der Waals surface area contributed by atoms with Crippen LogP contribution in [-0.2, 0) is 13.0 Å². The second-order valence-corrected chi connectivity index (χ2v) is 6.31. The molecule has 1 aromatic heterocycles. The van der Waals surface area contributed by atoms with Crippen molar-refractivity contribution in [1.82, 2.24) is 14.9 Å². The first-order chi connectivity index (χ1) is 12.4. The van der Waals surface area contributed by atoms with E-state index in [-0.39, 0.29) is 6.04 Å². The van der Waals surface area contributed by atoms with Crippen LogP contribution in [0.4, 0.5) is 0 Å². The molecule has 3 aromatic rings. The fourth-order valence-electron chi connectivity index (χ4n) is 3.48. The smallest absolute Gasteiger partial charge is 0.132 e. The van der Waals surface area contributed by atoms with E-state index in [0.717, 1.165) is 43.3 Å². The molecule has 25 heavy (non-hydrogen) atoms. The monoisotopic (exact) mass is 333 g/mol. The predicted octanol–water partition coefficient (Wildman–Crippen LogP) is 4.32. The van der Waals surface area contributed by atoms with Gasteiger partial charge >= 0.3 is 0 Å². The molecule has 4 heteroatoms. The molecule has 1 aliphatic heterocycles. The standard InChI is InChI=1S/C21H23N3O/c1-2-20-22-13-15-24(20)14-7-12-23-21-16-8-3-5-10-18(16)25-19-11-6-4-9-17(19)21/h3-6,8-11,13,15,21,23H,2,7,12,14H2,1H3. The van der Waals surface area contributed by atoms with Crippen molar-refractivity contribution in [2.24, 2.45) is 0 Å². The molecule has 0 saturated heterocycles. The largest absolute Gasteiger partial charge is 0.457 e. The molecule has 1 aliphatic rings. The molecule has 2 aromatic carbocycles. The number of benzene rings is 2. The van der Waals surface area contributed by atoms with Crippen molar-refractivity contribution >= 4 is 0 Å². The van der Waals surface area contributed by atoms with Gasteiger partial charge in [-0.1, -0.05) is 43.3 Å². The third-order valence-corrected chi connectivity index (χ3v) is 4.72. The van der Waals surface area contributed by atoms with Gasteiger partial charge in [0.1, 0.15) is 17.3 Å². The first-order valence-electron chi connectivity index (χ1n) is 8.96. The molecule has 4 nitrogen and oxygen atoms in total. The van der Waals surface area contributed by atoms with Crippen molar-refractivity contribution in [2.45, 2.75) is 32.4 Å². The molecule has 0 unspecified atom stereocenters. The molecule has 0 radical (unpaired) electrons. The van der Waals surface area contributed by atoms with Crippen LogP contribution < -0.4 is 10.1 Å². The molecule has 128 valence electrons. The third kappa shape index (κ3) is 3.17. The number of para-hydroxylation sites is 2. The fraction of sp³-hybridized carbons (Fsp3) is 0.286. The van der Waals surface area contributed by atoms with E-state index in [1.807, 2.05) is 30.5 Å². The van der Waals surface area contributed by atoms with Crippen molar-refractivity contribution in [2.75, 3.05) is 6.54 Å². The second kappa shape index (κ2) is 7.11. The van der Waals surface area contributed by atoms with Gasteiger partial charge in [0.25, 0.3) is 0 Å². The number of hydrogen-bond acceptors (Lipinski definition) is 3. The molecule has 0 amide bonds. The van der Waals surface area contributed by atoms with Crippen LogP contribution in [-0.4, -0.2) is 16.1 Å². The van der Waals surface area contributed by atoms with E-state index >= 15 is 0 Å². The minimum Gasteiger partial charge on any atom is -0.457 e. The average molecular weight is 333 g/mol. The summed E-state index contributed by atoms with van der Waals surface area (Å²) >= 11 is 0. The lowest BCUT2D eigenvalue weighted by Gasteiger charge is -2.29. The number of nitrogens with zero attached hydrogens (tertiary/aromatic N) is 2. The zero-order valence-electron chi connectivity index (χ0n) is 14.5. The van der Waals surface area contributed by atoms with Crippen molar-refractivity contribution in [3.8, 4) is 11.5 Å². The van der Waals surface area contributed by atoms with Gasteiger partial charge in [-0.2, -0.15) is 0 Å². The summed E-state index contributed by atoms with van der Waals surface area (Å²) < 4.78 is 8.29. The van der Waals surface area contributed by atoms with Crippen LogP contribution in [0.3, 0.4) is 0 Å². The van der Waals surface area contributed by atoms with Gasteiger partial charge in [0.2, 0.25) is 0 Å². The number of hydrogen-bond donors (Lipinski definition) is 1. The minimum absolute atomic E-state index is 0.176. The Hall–Kier alpha value is -2.59. The van der Waals surface area contributed by atoms with Crippen LogP contribution in [0.15, 0.2) is 60.9 Å². The third-order valence-electron chi connectivity index (χ3n) is 4.72. The van der Waals surface area contributed by atoms with Crippen LogP contribution >= 0.6 is 0 Å². The van der Waals surface area contributed by atoms with E-state index in [0.29, 0.717) is 0 Å². The predicted molar refractivity (Wildman–Crippen MR) is 99.0 cm³/mol. The lowest BCUT2D eigenvalue weighted by Crippen LogP contribution is -2.27. The van der Waals surface area contributed by atoms with E-state index in [1.54, 1.807) is 0 Å². The molecule has 1 N–H and O–H groups in total. The van der Waals surface area contributed by atoms with Gasteiger partial charge in [0, 0.05) is 36.5 Å². The summed E-state index contributed by atoms with van der Waals surface area (Å²) in [6.07, 6.45) is 5.99. The first-order valence-corrected chi connectivity index (χ1v) is 8.96. The Kier molecular flexibility index (Phi) is 4.53. The van der Waals surface area contributed by atoms with Crippen LogP contribution in [0, 0.1) is 0 Å². The molecule has 0 fully saturated rings. The maximum absolute atomic E-state index is 6.05. The highest BCUT2D eigenvalue weighted by Crippen LogP contribution is 2.42. The van der Waals surface area contributed by atoms with E-state index in [1.165, 1.54) is 11.1 Å². The minimum atomic E-state index is 0.176. The van der Waals surface area contributed by atoms with Crippen LogP contribution in [0.1, 0.15) is 36.3 Å². The number of fused-ring (bicyclic) bond motifs is 2. The van der Waals surface area contributed by atoms with E-state index in [4.69, 9.17) is 4.74 Å².